The number of amides is 1. The van der Waals surface area contributed by atoms with Gasteiger partial charge >= 0.3 is 0 Å². The zero-order chi connectivity index (χ0) is 12.3. The molecule has 17 heavy (non-hydrogen) atoms. The Kier molecular flexibility index (Phi) is 3.62. The molecule has 0 aliphatic carbocycles. The van der Waals surface area contributed by atoms with Crippen molar-refractivity contribution in [3.05, 3.63) is 45.7 Å². The third-order valence-electron chi connectivity index (χ3n) is 2.10. The van der Waals surface area contributed by atoms with Gasteiger partial charge in [-0.25, -0.2) is 15.0 Å². The Hall–Kier alpha value is -1.57. The summed E-state index contributed by atoms with van der Waals surface area (Å²) in [5, 5.41) is 2.72. The summed E-state index contributed by atoms with van der Waals surface area (Å²) in [6.07, 6.45) is 6.00. The van der Waals surface area contributed by atoms with Gasteiger partial charge in [0.25, 0.3) is 5.91 Å². The maximum absolute atomic E-state index is 11.8. The monoisotopic (exact) mass is 340 g/mol. The molecule has 0 radical (unpaired) electrons. The van der Waals surface area contributed by atoms with Gasteiger partial charge in [0, 0.05) is 22.2 Å². The molecule has 0 atom stereocenters. The molecule has 0 bridgehead atoms. The lowest BCUT2D eigenvalue weighted by molar-refractivity contribution is 0.102. The summed E-state index contributed by atoms with van der Waals surface area (Å²) in [5.74, 6) is 0.293. The fourth-order valence-electron chi connectivity index (χ4n) is 1.27. The maximum atomic E-state index is 11.8. The van der Waals surface area contributed by atoms with Crippen LogP contribution in [-0.2, 0) is 0 Å². The van der Waals surface area contributed by atoms with Gasteiger partial charge in [0.1, 0.15) is 12.1 Å². The van der Waals surface area contributed by atoms with E-state index in [1.165, 1.54) is 18.7 Å². The number of pyridine rings is 1. The van der Waals surface area contributed by atoms with Crippen LogP contribution in [0, 0.1) is 10.5 Å². The van der Waals surface area contributed by atoms with Crippen molar-refractivity contribution >= 4 is 34.3 Å². The van der Waals surface area contributed by atoms with Crippen LogP contribution in [-0.4, -0.2) is 20.9 Å². The summed E-state index contributed by atoms with van der Waals surface area (Å²) in [6.45, 7) is 1.90. The van der Waals surface area contributed by atoms with Crippen LogP contribution >= 0.6 is 22.6 Å². The highest BCUT2D eigenvalue weighted by molar-refractivity contribution is 14.1. The van der Waals surface area contributed by atoms with Crippen LogP contribution in [0.4, 0.5) is 5.82 Å². The number of hydrogen-bond donors (Lipinski definition) is 1. The summed E-state index contributed by atoms with van der Waals surface area (Å²) < 4.78 is 1.03. The van der Waals surface area contributed by atoms with Crippen molar-refractivity contribution in [3.8, 4) is 0 Å². The summed E-state index contributed by atoms with van der Waals surface area (Å²) in [7, 11) is 0. The van der Waals surface area contributed by atoms with Gasteiger partial charge in [0.2, 0.25) is 0 Å². The maximum Gasteiger partial charge on any atom is 0.259 e. The number of carbonyl (C=O) groups is 1. The molecule has 2 rings (SSSR count). The molecule has 1 N–H and O–H groups in total. The highest BCUT2D eigenvalue weighted by Gasteiger charge is 2.08. The molecule has 0 aromatic carbocycles. The van der Waals surface area contributed by atoms with Crippen LogP contribution in [0.3, 0.4) is 0 Å². The number of halogens is 1. The lowest BCUT2D eigenvalue weighted by Gasteiger charge is -2.06. The summed E-state index contributed by atoms with van der Waals surface area (Å²) in [4.78, 5) is 23.6. The van der Waals surface area contributed by atoms with Crippen molar-refractivity contribution in [1.29, 1.82) is 0 Å². The number of nitrogens with zero attached hydrogens (tertiary/aromatic N) is 3. The molecule has 0 aliphatic heterocycles. The first-order chi connectivity index (χ1) is 8.16. The van der Waals surface area contributed by atoms with Crippen LogP contribution in [0.1, 0.15) is 15.9 Å². The van der Waals surface area contributed by atoms with Gasteiger partial charge in [-0.2, -0.15) is 0 Å². The van der Waals surface area contributed by atoms with Crippen molar-refractivity contribution in [2.75, 3.05) is 5.32 Å². The number of aryl methyl sites for hydroxylation is 1. The molecule has 86 valence electrons. The van der Waals surface area contributed by atoms with Crippen molar-refractivity contribution in [2.24, 2.45) is 0 Å². The van der Waals surface area contributed by atoms with E-state index in [4.69, 9.17) is 0 Å². The zero-order valence-electron chi connectivity index (χ0n) is 9.01. The molecule has 0 fully saturated rings. The minimum absolute atomic E-state index is 0.262. The van der Waals surface area contributed by atoms with Gasteiger partial charge in [-0.15, -0.1) is 0 Å². The molecule has 2 heterocycles. The van der Waals surface area contributed by atoms with Gasteiger partial charge in [0.05, 0.1) is 5.56 Å². The average Bonchev–Trinajstić information content (AvgIpc) is 2.34. The summed E-state index contributed by atoms with van der Waals surface area (Å²) in [5.41, 5.74) is 1.33. The Morgan fingerprint density at radius 1 is 1.29 bits per heavy atom. The van der Waals surface area contributed by atoms with Crippen molar-refractivity contribution in [1.82, 2.24) is 15.0 Å². The number of hydrogen-bond acceptors (Lipinski definition) is 4. The summed E-state index contributed by atoms with van der Waals surface area (Å²) in [6, 6.07) is 1.95. The van der Waals surface area contributed by atoms with E-state index in [2.05, 4.69) is 42.9 Å². The van der Waals surface area contributed by atoms with Gasteiger partial charge in [-0.1, -0.05) is 0 Å². The molecule has 0 saturated heterocycles. The highest BCUT2D eigenvalue weighted by atomic mass is 127. The third-order valence-corrected chi connectivity index (χ3v) is 2.69. The SMILES string of the molecule is Cc1cc(I)cnc1NC(=O)c1cncnc1. The van der Waals surface area contributed by atoms with E-state index in [0.717, 1.165) is 9.13 Å². The predicted molar refractivity (Wildman–Crippen MR) is 71.7 cm³/mol. The number of rotatable bonds is 2. The van der Waals surface area contributed by atoms with Crippen molar-refractivity contribution in [3.63, 3.8) is 0 Å². The van der Waals surface area contributed by atoms with E-state index in [0.29, 0.717) is 11.4 Å². The van der Waals surface area contributed by atoms with Crippen molar-refractivity contribution < 1.29 is 4.79 Å². The Morgan fingerprint density at radius 2 is 2.00 bits per heavy atom. The molecule has 0 saturated carbocycles. The smallest absolute Gasteiger partial charge is 0.259 e. The van der Waals surface area contributed by atoms with Crippen LogP contribution in [0.15, 0.2) is 31.0 Å². The Balaban J connectivity index is 2.19. The zero-order valence-corrected chi connectivity index (χ0v) is 11.2. The molecule has 0 unspecified atom stereocenters. The van der Waals surface area contributed by atoms with Gasteiger partial charge in [-0.05, 0) is 41.1 Å². The normalized spacial score (nSPS) is 10.0. The Labute approximate surface area is 112 Å². The van der Waals surface area contributed by atoms with Crippen molar-refractivity contribution in [2.45, 2.75) is 6.92 Å². The van der Waals surface area contributed by atoms with E-state index in [1.54, 1.807) is 6.20 Å². The van der Waals surface area contributed by atoms with Gasteiger partial charge < -0.3 is 5.32 Å². The minimum Gasteiger partial charge on any atom is -0.306 e. The first-order valence-corrected chi connectivity index (χ1v) is 5.93. The van der Waals surface area contributed by atoms with E-state index < -0.39 is 0 Å². The molecule has 0 spiro atoms. The highest BCUT2D eigenvalue weighted by Crippen LogP contribution is 2.14. The van der Waals surface area contributed by atoms with Crippen LogP contribution in [0.5, 0.6) is 0 Å². The summed E-state index contributed by atoms with van der Waals surface area (Å²) >= 11 is 2.17. The molecular weight excluding hydrogens is 331 g/mol. The fraction of sp³-hybridized carbons (Fsp3) is 0.0909. The van der Waals surface area contributed by atoms with Crippen LogP contribution < -0.4 is 5.32 Å². The van der Waals surface area contributed by atoms with Gasteiger partial charge in [0.15, 0.2) is 0 Å². The first-order valence-electron chi connectivity index (χ1n) is 4.85. The van der Waals surface area contributed by atoms with Gasteiger partial charge in [-0.3, -0.25) is 4.79 Å². The van der Waals surface area contributed by atoms with E-state index in [9.17, 15) is 4.79 Å². The van der Waals surface area contributed by atoms with E-state index in [-0.39, 0.29) is 5.91 Å². The first kappa shape index (κ1) is 11.9. The molecule has 2 aromatic rings. The second-order valence-electron chi connectivity index (χ2n) is 3.40. The second kappa shape index (κ2) is 5.17. The Morgan fingerprint density at radius 3 is 2.65 bits per heavy atom. The Bertz CT molecular complexity index is 544. The van der Waals surface area contributed by atoms with E-state index >= 15 is 0 Å². The molecule has 0 aliphatic rings. The molecule has 6 heteroatoms. The molecular formula is C11H9IN4O. The molecule has 2 aromatic heterocycles. The number of anilines is 1. The quantitative estimate of drug-likeness (QED) is 0.850. The topological polar surface area (TPSA) is 67.8 Å². The lowest BCUT2D eigenvalue weighted by Crippen LogP contribution is -2.14. The minimum atomic E-state index is -0.262. The average molecular weight is 340 g/mol. The van der Waals surface area contributed by atoms with E-state index in [1.807, 2.05) is 13.0 Å². The fourth-order valence-corrected chi connectivity index (χ4v) is 1.87. The lowest BCUT2D eigenvalue weighted by atomic mass is 10.2. The third kappa shape index (κ3) is 2.96. The largest absolute Gasteiger partial charge is 0.306 e. The van der Waals surface area contributed by atoms with Crippen LogP contribution in [0.2, 0.25) is 0 Å². The standard InChI is InChI=1S/C11H9IN4O/c1-7-2-9(12)5-15-10(7)16-11(17)8-3-13-6-14-4-8/h2-6H,1H3,(H,15,16,17). The molecule has 1 amide bonds. The number of carbonyl (C=O) groups excluding carboxylic acids is 1. The molecule has 5 nitrogen and oxygen atoms in total. The number of aromatic nitrogens is 3. The predicted octanol–water partition coefficient (Wildman–Crippen LogP) is 2.04. The second-order valence-corrected chi connectivity index (χ2v) is 4.65. The number of nitrogens with one attached hydrogen (secondary N) is 1. The van der Waals surface area contributed by atoms with Crippen LogP contribution in [0.25, 0.3) is 0 Å².